The first kappa shape index (κ1) is 13.1. The van der Waals surface area contributed by atoms with Crippen molar-refractivity contribution in [3.8, 4) is 0 Å². The van der Waals surface area contributed by atoms with Gasteiger partial charge >= 0.3 is 12.1 Å². The zero-order chi connectivity index (χ0) is 13.1. The highest BCUT2D eigenvalue weighted by Gasteiger charge is 2.27. The van der Waals surface area contributed by atoms with Gasteiger partial charge in [0.25, 0.3) is 0 Å². The van der Waals surface area contributed by atoms with Crippen molar-refractivity contribution >= 4 is 11.9 Å². The Morgan fingerprint density at radius 1 is 1.41 bits per heavy atom. The normalized spacial score (nSPS) is 11.2. The summed E-state index contributed by atoms with van der Waals surface area (Å²) in [5, 5.41) is 10.3. The summed E-state index contributed by atoms with van der Waals surface area (Å²) in [6.07, 6.45) is -2.00. The number of hydrogen-bond donors (Lipinski definition) is 2. The summed E-state index contributed by atoms with van der Waals surface area (Å²) in [7, 11) is 0. The molecule has 1 amide bonds. The second kappa shape index (κ2) is 4.89. The fourth-order valence-electron chi connectivity index (χ4n) is 1.09. The van der Waals surface area contributed by atoms with Crippen LogP contribution in [0.2, 0.25) is 0 Å². The number of nitrogens with zero attached hydrogens (tertiary/aromatic N) is 1. The predicted octanol–water partition coefficient (Wildman–Crippen LogP) is 0.865. The number of carboxylic acid groups (broad SMARTS) is 1. The third-order valence-electron chi connectivity index (χ3n) is 1.81. The highest BCUT2D eigenvalue weighted by molar-refractivity contribution is 5.87. The van der Waals surface area contributed by atoms with Gasteiger partial charge in [-0.15, -0.1) is 0 Å². The van der Waals surface area contributed by atoms with Gasteiger partial charge in [0.2, 0.25) is 5.91 Å². The lowest BCUT2D eigenvalue weighted by Gasteiger charge is -2.08. The quantitative estimate of drug-likeness (QED) is 0.832. The van der Waals surface area contributed by atoms with Gasteiger partial charge in [-0.05, 0) is 6.07 Å². The van der Waals surface area contributed by atoms with E-state index in [-0.39, 0.29) is 12.1 Å². The Hall–Kier alpha value is -1.99. The van der Waals surface area contributed by atoms with E-state index in [1.807, 2.05) is 0 Å². The van der Waals surface area contributed by atoms with Crippen molar-refractivity contribution in [3.05, 3.63) is 24.0 Å². The number of carbonyl (C=O) groups excluding carboxylic acids is 1. The minimum atomic E-state index is -4.46. The summed E-state index contributed by atoms with van der Waals surface area (Å²) in [4.78, 5) is 21.6. The zero-order valence-electron chi connectivity index (χ0n) is 8.49. The van der Waals surface area contributed by atoms with Gasteiger partial charge in [0.05, 0.1) is 5.56 Å². The minimum Gasteiger partial charge on any atom is -0.478 e. The summed E-state index contributed by atoms with van der Waals surface area (Å²) >= 11 is 0. The van der Waals surface area contributed by atoms with Crippen LogP contribution in [-0.2, 0) is 11.3 Å². The Morgan fingerprint density at radius 3 is 2.53 bits per heavy atom. The molecule has 0 aliphatic carbocycles. The van der Waals surface area contributed by atoms with E-state index in [1.165, 1.54) is 16.8 Å². The number of carbonyl (C=O) groups is 2. The molecule has 0 saturated heterocycles. The van der Waals surface area contributed by atoms with Gasteiger partial charge < -0.3 is 15.0 Å². The molecule has 2 N–H and O–H groups in total. The Balaban J connectivity index is 2.48. The third kappa shape index (κ3) is 4.58. The van der Waals surface area contributed by atoms with Crippen LogP contribution < -0.4 is 5.32 Å². The van der Waals surface area contributed by atoms with Crippen LogP contribution >= 0.6 is 0 Å². The van der Waals surface area contributed by atoms with Gasteiger partial charge in [0, 0.05) is 12.4 Å². The molecule has 0 radical (unpaired) electrons. The largest absolute Gasteiger partial charge is 0.478 e. The van der Waals surface area contributed by atoms with E-state index in [9.17, 15) is 22.8 Å². The van der Waals surface area contributed by atoms with Gasteiger partial charge in [-0.3, -0.25) is 4.79 Å². The molecule has 0 fully saturated rings. The highest BCUT2D eigenvalue weighted by atomic mass is 19.4. The lowest BCUT2D eigenvalue weighted by Crippen LogP contribution is -2.35. The molecule has 0 aliphatic rings. The van der Waals surface area contributed by atoms with Crippen molar-refractivity contribution in [2.75, 3.05) is 6.54 Å². The van der Waals surface area contributed by atoms with E-state index >= 15 is 0 Å². The second-order valence-electron chi connectivity index (χ2n) is 3.27. The van der Waals surface area contributed by atoms with Crippen molar-refractivity contribution in [2.45, 2.75) is 12.7 Å². The number of nitrogens with one attached hydrogen (secondary N) is 1. The van der Waals surface area contributed by atoms with Crippen LogP contribution in [0.15, 0.2) is 18.5 Å². The molecule has 1 rings (SSSR count). The fraction of sp³-hybridized carbons (Fsp3) is 0.333. The molecule has 0 aliphatic heterocycles. The summed E-state index contributed by atoms with van der Waals surface area (Å²) < 4.78 is 36.5. The summed E-state index contributed by atoms with van der Waals surface area (Å²) in [5.74, 6) is -2.01. The zero-order valence-corrected chi connectivity index (χ0v) is 8.49. The van der Waals surface area contributed by atoms with Gasteiger partial charge in [0.1, 0.15) is 13.1 Å². The van der Waals surface area contributed by atoms with Crippen LogP contribution in [0.5, 0.6) is 0 Å². The second-order valence-corrected chi connectivity index (χ2v) is 3.27. The van der Waals surface area contributed by atoms with Gasteiger partial charge in [0.15, 0.2) is 0 Å². The van der Waals surface area contributed by atoms with Crippen LogP contribution in [0.3, 0.4) is 0 Å². The number of hydrogen-bond acceptors (Lipinski definition) is 2. The maximum absolute atomic E-state index is 11.8. The number of halogens is 3. The monoisotopic (exact) mass is 250 g/mol. The van der Waals surface area contributed by atoms with Crippen molar-refractivity contribution in [1.29, 1.82) is 0 Å². The predicted molar refractivity (Wildman–Crippen MR) is 50.5 cm³/mol. The Bertz CT molecular complexity index is 425. The SMILES string of the molecule is O=C(Cn1ccc(C(=O)O)c1)NCC(F)(F)F. The van der Waals surface area contributed by atoms with E-state index in [1.54, 1.807) is 5.32 Å². The molecule has 5 nitrogen and oxygen atoms in total. The van der Waals surface area contributed by atoms with Gasteiger partial charge in [-0.1, -0.05) is 0 Å². The van der Waals surface area contributed by atoms with Crippen LogP contribution in [0.25, 0.3) is 0 Å². The van der Waals surface area contributed by atoms with E-state index < -0.39 is 24.6 Å². The van der Waals surface area contributed by atoms with Crippen LogP contribution in [0.1, 0.15) is 10.4 Å². The molecule has 1 aromatic rings. The first-order chi connectivity index (χ1) is 7.78. The summed E-state index contributed by atoms with van der Waals surface area (Å²) in [5.41, 5.74) is -0.0337. The smallest absolute Gasteiger partial charge is 0.405 e. The maximum Gasteiger partial charge on any atom is 0.405 e. The average molecular weight is 250 g/mol. The topological polar surface area (TPSA) is 71.3 Å². The molecular weight excluding hydrogens is 241 g/mol. The molecule has 0 spiro atoms. The molecule has 0 unspecified atom stereocenters. The van der Waals surface area contributed by atoms with Crippen molar-refractivity contribution in [1.82, 2.24) is 9.88 Å². The number of carboxylic acids is 1. The molecule has 0 bridgehead atoms. The highest BCUT2D eigenvalue weighted by Crippen LogP contribution is 2.12. The fourth-order valence-corrected chi connectivity index (χ4v) is 1.09. The number of rotatable bonds is 4. The standard InChI is InChI=1S/C9H9F3N2O3/c10-9(11,12)5-13-7(15)4-14-2-1-6(3-14)8(16)17/h1-3H,4-5H2,(H,13,15)(H,16,17). The van der Waals surface area contributed by atoms with E-state index in [0.29, 0.717) is 0 Å². The van der Waals surface area contributed by atoms with E-state index in [2.05, 4.69) is 0 Å². The average Bonchev–Trinajstić information content (AvgIpc) is 2.62. The lowest BCUT2D eigenvalue weighted by atomic mass is 10.4. The lowest BCUT2D eigenvalue weighted by molar-refractivity contribution is -0.138. The van der Waals surface area contributed by atoms with Crippen LogP contribution in [-0.4, -0.2) is 34.3 Å². The van der Waals surface area contributed by atoms with Gasteiger partial charge in [-0.2, -0.15) is 13.2 Å². The molecule has 1 aromatic heterocycles. The maximum atomic E-state index is 11.8. The Kier molecular flexibility index (Phi) is 3.77. The number of aromatic nitrogens is 1. The molecule has 0 saturated carbocycles. The van der Waals surface area contributed by atoms with Crippen molar-refractivity contribution in [2.24, 2.45) is 0 Å². The molecule has 0 atom stereocenters. The third-order valence-corrected chi connectivity index (χ3v) is 1.81. The Morgan fingerprint density at radius 2 is 2.06 bits per heavy atom. The molecular formula is C9H9F3N2O3. The number of aromatic carboxylic acids is 1. The molecule has 8 heteroatoms. The van der Waals surface area contributed by atoms with Crippen LogP contribution in [0.4, 0.5) is 13.2 Å². The first-order valence-corrected chi connectivity index (χ1v) is 4.50. The molecule has 17 heavy (non-hydrogen) atoms. The molecule has 0 aromatic carbocycles. The minimum absolute atomic E-state index is 0.0337. The summed E-state index contributed by atoms with van der Waals surface area (Å²) in [6, 6.07) is 1.25. The molecule has 94 valence electrons. The Labute approximate surface area is 93.8 Å². The number of alkyl halides is 3. The van der Waals surface area contributed by atoms with Crippen molar-refractivity contribution < 1.29 is 27.9 Å². The van der Waals surface area contributed by atoms with E-state index in [4.69, 9.17) is 5.11 Å². The first-order valence-electron chi connectivity index (χ1n) is 4.50. The van der Waals surface area contributed by atoms with Crippen molar-refractivity contribution in [3.63, 3.8) is 0 Å². The van der Waals surface area contributed by atoms with Crippen LogP contribution in [0, 0.1) is 0 Å². The van der Waals surface area contributed by atoms with E-state index in [0.717, 1.165) is 6.20 Å². The summed E-state index contributed by atoms with van der Waals surface area (Å²) in [6.45, 7) is -1.76. The molecule has 1 heterocycles. The van der Waals surface area contributed by atoms with Gasteiger partial charge in [-0.25, -0.2) is 4.79 Å². The number of amides is 1.